The third-order valence-corrected chi connectivity index (χ3v) is 4.04. The number of ether oxygens (including phenoxy) is 1. The quantitative estimate of drug-likeness (QED) is 0.721. The second-order valence-corrected chi connectivity index (χ2v) is 5.90. The Kier molecular flexibility index (Phi) is 5.31. The topological polar surface area (TPSA) is 58.6 Å². The number of anilines is 1. The second kappa shape index (κ2) is 7.81. The van der Waals surface area contributed by atoms with Gasteiger partial charge in [-0.1, -0.05) is 48.5 Å². The van der Waals surface area contributed by atoms with Gasteiger partial charge in [0.15, 0.2) is 6.10 Å². The van der Waals surface area contributed by atoms with Gasteiger partial charge in [-0.3, -0.25) is 4.79 Å². The molecule has 0 unspecified atom stereocenters. The first kappa shape index (κ1) is 17.0. The van der Waals surface area contributed by atoms with E-state index in [9.17, 15) is 4.79 Å². The van der Waals surface area contributed by atoms with Crippen LogP contribution in [0.15, 0.2) is 66.7 Å². The van der Waals surface area contributed by atoms with E-state index in [1.807, 2.05) is 66.7 Å². The Morgan fingerprint density at radius 1 is 1.04 bits per heavy atom. The standard InChI is InChI=1S/C21H21NO3/c1-15(21(24)22-18-11-9-16(10-12-18)13-14-23)25-20-8-4-6-17-5-2-3-7-19(17)20/h2-12,15,23H,13-14H2,1H3,(H,22,24)/t15-/m1/s1. The molecule has 1 amide bonds. The van der Waals surface area contributed by atoms with Crippen LogP contribution in [-0.2, 0) is 11.2 Å². The predicted molar refractivity (Wildman–Crippen MR) is 99.9 cm³/mol. The molecule has 3 aromatic carbocycles. The third kappa shape index (κ3) is 4.17. The van der Waals surface area contributed by atoms with Gasteiger partial charge in [0, 0.05) is 17.7 Å². The summed E-state index contributed by atoms with van der Waals surface area (Å²) >= 11 is 0. The Morgan fingerprint density at radius 3 is 2.52 bits per heavy atom. The zero-order valence-corrected chi connectivity index (χ0v) is 14.1. The fourth-order valence-electron chi connectivity index (χ4n) is 2.67. The van der Waals surface area contributed by atoms with E-state index in [0.29, 0.717) is 17.9 Å². The Hall–Kier alpha value is -2.85. The second-order valence-electron chi connectivity index (χ2n) is 5.90. The number of rotatable bonds is 6. The van der Waals surface area contributed by atoms with Crippen LogP contribution in [0, 0.1) is 0 Å². The predicted octanol–water partition coefficient (Wildman–Crippen LogP) is 3.78. The Labute approximate surface area is 147 Å². The van der Waals surface area contributed by atoms with Gasteiger partial charge >= 0.3 is 0 Å². The van der Waals surface area contributed by atoms with Gasteiger partial charge in [-0.2, -0.15) is 0 Å². The molecule has 3 rings (SSSR count). The largest absolute Gasteiger partial charge is 0.480 e. The van der Waals surface area contributed by atoms with E-state index in [4.69, 9.17) is 9.84 Å². The van der Waals surface area contributed by atoms with E-state index in [0.717, 1.165) is 16.3 Å². The SMILES string of the molecule is C[C@@H](Oc1cccc2ccccc12)C(=O)Nc1ccc(CCO)cc1. The highest BCUT2D eigenvalue weighted by Gasteiger charge is 2.16. The van der Waals surface area contributed by atoms with Crippen LogP contribution in [0.2, 0.25) is 0 Å². The number of hydrogen-bond donors (Lipinski definition) is 2. The Morgan fingerprint density at radius 2 is 1.76 bits per heavy atom. The van der Waals surface area contributed by atoms with Crippen molar-refractivity contribution in [2.75, 3.05) is 11.9 Å². The van der Waals surface area contributed by atoms with Crippen molar-refractivity contribution < 1.29 is 14.6 Å². The molecule has 0 aromatic heterocycles. The molecule has 4 heteroatoms. The smallest absolute Gasteiger partial charge is 0.265 e. The van der Waals surface area contributed by atoms with Crippen molar-refractivity contribution in [2.24, 2.45) is 0 Å². The summed E-state index contributed by atoms with van der Waals surface area (Å²) in [5.41, 5.74) is 1.74. The summed E-state index contributed by atoms with van der Waals surface area (Å²) in [6.07, 6.45) is -0.0163. The number of fused-ring (bicyclic) bond motifs is 1. The fraction of sp³-hybridized carbons (Fsp3) is 0.190. The summed E-state index contributed by atoms with van der Waals surface area (Å²) in [4.78, 5) is 12.4. The lowest BCUT2D eigenvalue weighted by molar-refractivity contribution is -0.122. The number of benzene rings is 3. The maximum atomic E-state index is 12.4. The molecule has 0 aliphatic carbocycles. The minimum Gasteiger partial charge on any atom is -0.480 e. The van der Waals surface area contributed by atoms with Gasteiger partial charge in [0.25, 0.3) is 5.91 Å². The normalized spacial score (nSPS) is 11.9. The van der Waals surface area contributed by atoms with Crippen LogP contribution >= 0.6 is 0 Å². The van der Waals surface area contributed by atoms with E-state index in [1.54, 1.807) is 6.92 Å². The van der Waals surface area contributed by atoms with Crippen LogP contribution in [0.5, 0.6) is 5.75 Å². The van der Waals surface area contributed by atoms with Crippen LogP contribution < -0.4 is 10.1 Å². The molecular weight excluding hydrogens is 314 g/mol. The van der Waals surface area contributed by atoms with E-state index >= 15 is 0 Å². The molecule has 4 nitrogen and oxygen atoms in total. The molecule has 0 fully saturated rings. The molecule has 0 heterocycles. The number of nitrogens with one attached hydrogen (secondary N) is 1. The number of amides is 1. The molecule has 128 valence electrons. The van der Waals surface area contributed by atoms with Crippen molar-refractivity contribution in [3.05, 3.63) is 72.3 Å². The van der Waals surface area contributed by atoms with Crippen LogP contribution in [0.1, 0.15) is 12.5 Å². The van der Waals surface area contributed by atoms with Crippen molar-refractivity contribution >= 4 is 22.4 Å². The van der Waals surface area contributed by atoms with Gasteiger partial charge in [0.1, 0.15) is 5.75 Å². The summed E-state index contributed by atoms with van der Waals surface area (Å²) in [5.74, 6) is 0.488. The maximum Gasteiger partial charge on any atom is 0.265 e. The summed E-state index contributed by atoms with van der Waals surface area (Å²) in [5, 5.41) is 13.8. The summed E-state index contributed by atoms with van der Waals surface area (Å²) < 4.78 is 5.88. The van der Waals surface area contributed by atoms with Crippen molar-refractivity contribution in [2.45, 2.75) is 19.4 Å². The molecule has 0 aliphatic heterocycles. The first-order valence-electron chi connectivity index (χ1n) is 8.32. The molecule has 1 atom stereocenters. The van der Waals surface area contributed by atoms with Crippen molar-refractivity contribution in [1.82, 2.24) is 0 Å². The van der Waals surface area contributed by atoms with Crippen LogP contribution in [0.3, 0.4) is 0 Å². The molecule has 0 radical (unpaired) electrons. The van der Waals surface area contributed by atoms with Gasteiger partial charge < -0.3 is 15.2 Å². The highest BCUT2D eigenvalue weighted by atomic mass is 16.5. The summed E-state index contributed by atoms with van der Waals surface area (Å²) in [6.45, 7) is 1.85. The van der Waals surface area contributed by atoms with Gasteiger partial charge in [0.05, 0.1) is 0 Å². The Bertz CT molecular complexity index is 853. The minimum atomic E-state index is -0.622. The molecule has 25 heavy (non-hydrogen) atoms. The van der Waals surface area contributed by atoms with Gasteiger partial charge in [-0.25, -0.2) is 0 Å². The first-order valence-corrected chi connectivity index (χ1v) is 8.32. The lowest BCUT2D eigenvalue weighted by Gasteiger charge is -2.16. The highest BCUT2D eigenvalue weighted by molar-refractivity contribution is 5.95. The van der Waals surface area contributed by atoms with E-state index in [1.165, 1.54) is 0 Å². The summed E-state index contributed by atoms with van der Waals surface area (Å²) in [7, 11) is 0. The lowest BCUT2D eigenvalue weighted by Crippen LogP contribution is -2.30. The third-order valence-electron chi connectivity index (χ3n) is 4.04. The number of aliphatic hydroxyl groups is 1. The van der Waals surface area contributed by atoms with Crippen LogP contribution in [0.4, 0.5) is 5.69 Å². The molecule has 0 bridgehead atoms. The Balaban J connectivity index is 1.68. The maximum absolute atomic E-state index is 12.4. The average Bonchev–Trinajstić information content (AvgIpc) is 2.64. The molecule has 0 spiro atoms. The molecule has 0 aliphatic rings. The zero-order chi connectivity index (χ0) is 17.6. The van der Waals surface area contributed by atoms with E-state index < -0.39 is 6.10 Å². The van der Waals surface area contributed by atoms with Gasteiger partial charge in [0.2, 0.25) is 0 Å². The lowest BCUT2D eigenvalue weighted by atomic mass is 10.1. The van der Waals surface area contributed by atoms with Crippen molar-refractivity contribution in [3.63, 3.8) is 0 Å². The van der Waals surface area contributed by atoms with Crippen LogP contribution in [0.25, 0.3) is 10.8 Å². The number of carbonyl (C=O) groups excluding carboxylic acids is 1. The van der Waals surface area contributed by atoms with E-state index in [2.05, 4.69) is 5.32 Å². The van der Waals surface area contributed by atoms with Gasteiger partial charge in [-0.15, -0.1) is 0 Å². The fourth-order valence-corrected chi connectivity index (χ4v) is 2.67. The minimum absolute atomic E-state index is 0.113. The summed E-state index contributed by atoms with van der Waals surface area (Å²) in [6, 6.07) is 21.2. The van der Waals surface area contributed by atoms with Crippen molar-refractivity contribution in [3.8, 4) is 5.75 Å². The highest BCUT2D eigenvalue weighted by Crippen LogP contribution is 2.26. The number of hydrogen-bond acceptors (Lipinski definition) is 3. The number of aliphatic hydroxyl groups excluding tert-OH is 1. The molecule has 0 saturated carbocycles. The van der Waals surface area contributed by atoms with E-state index in [-0.39, 0.29) is 12.5 Å². The first-order chi connectivity index (χ1) is 12.2. The van der Waals surface area contributed by atoms with Gasteiger partial charge in [-0.05, 0) is 42.5 Å². The number of carbonyl (C=O) groups is 1. The molecular formula is C21H21NO3. The monoisotopic (exact) mass is 335 g/mol. The van der Waals surface area contributed by atoms with Crippen LogP contribution in [-0.4, -0.2) is 23.7 Å². The van der Waals surface area contributed by atoms with Crippen molar-refractivity contribution in [1.29, 1.82) is 0 Å². The average molecular weight is 335 g/mol. The molecule has 3 aromatic rings. The molecule has 2 N–H and O–H groups in total. The zero-order valence-electron chi connectivity index (χ0n) is 14.1. The molecule has 0 saturated heterocycles.